The molecule has 0 radical (unpaired) electrons. The van der Waals surface area contributed by atoms with Crippen LogP contribution in [0.5, 0.6) is 0 Å². The van der Waals surface area contributed by atoms with Crippen LogP contribution in [0.15, 0.2) is 120 Å². The Morgan fingerprint density at radius 1 is 0.629 bits per heavy atom. The number of aromatic amines is 1. The highest BCUT2D eigenvalue weighted by Crippen LogP contribution is 2.40. The smallest absolute Gasteiger partial charge is 0.240 e. The van der Waals surface area contributed by atoms with E-state index in [0.717, 1.165) is 44.8 Å². The van der Waals surface area contributed by atoms with Crippen LogP contribution < -0.4 is 4.72 Å². The van der Waals surface area contributed by atoms with E-state index >= 15 is 0 Å². The summed E-state index contributed by atoms with van der Waals surface area (Å²) < 4.78 is 29.2. The molecule has 4 aromatic carbocycles. The van der Waals surface area contributed by atoms with E-state index in [-0.39, 0.29) is 11.4 Å². The molecule has 5 heteroatoms. The van der Waals surface area contributed by atoms with Gasteiger partial charge in [0.15, 0.2) is 0 Å². The van der Waals surface area contributed by atoms with E-state index in [1.165, 1.54) is 0 Å². The van der Waals surface area contributed by atoms with Gasteiger partial charge in [-0.2, -0.15) is 0 Å². The van der Waals surface area contributed by atoms with Gasteiger partial charge in [0, 0.05) is 17.7 Å². The standard InChI is InChI=1S/C30H26N2O2S/c1-22-17-19-26(20-18-22)35(33,34)31-21-27-28(23-11-5-2-6-12-23)30(25-15-9-4-10-16-25)32-29(27)24-13-7-3-8-14-24/h2-20,31-32H,21H2,1H3. The molecular formula is C30H26N2O2S. The fourth-order valence-corrected chi connectivity index (χ4v) is 5.27. The van der Waals surface area contributed by atoms with Crippen molar-refractivity contribution in [1.29, 1.82) is 0 Å². The lowest BCUT2D eigenvalue weighted by atomic mass is 9.96. The van der Waals surface area contributed by atoms with Crippen LogP contribution in [-0.2, 0) is 16.6 Å². The van der Waals surface area contributed by atoms with E-state index in [2.05, 4.69) is 34.0 Å². The van der Waals surface area contributed by atoms with Crippen molar-refractivity contribution in [2.45, 2.75) is 18.4 Å². The van der Waals surface area contributed by atoms with E-state index in [9.17, 15) is 8.42 Å². The normalized spacial score (nSPS) is 11.5. The lowest BCUT2D eigenvalue weighted by molar-refractivity contribution is 0.581. The zero-order valence-electron chi connectivity index (χ0n) is 19.4. The molecule has 0 saturated heterocycles. The van der Waals surface area contributed by atoms with Gasteiger partial charge in [-0.15, -0.1) is 0 Å². The van der Waals surface area contributed by atoms with Gasteiger partial charge in [0.25, 0.3) is 0 Å². The second kappa shape index (κ2) is 9.74. The van der Waals surface area contributed by atoms with Crippen LogP contribution in [0.4, 0.5) is 0 Å². The predicted molar refractivity (Wildman–Crippen MR) is 142 cm³/mol. The van der Waals surface area contributed by atoms with Crippen molar-refractivity contribution in [2.75, 3.05) is 0 Å². The van der Waals surface area contributed by atoms with Crippen LogP contribution in [0.2, 0.25) is 0 Å². The minimum absolute atomic E-state index is 0.147. The Balaban J connectivity index is 1.67. The predicted octanol–water partition coefficient (Wildman–Crippen LogP) is 6.80. The first-order valence-electron chi connectivity index (χ1n) is 11.5. The molecule has 0 bridgehead atoms. The number of nitrogens with one attached hydrogen (secondary N) is 2. The summed E-state index contributed by atoms with van der Waals surface area (Å²) in [5.74, 6) is 0. The SMILES string of the molecule is Cc1ccc(S(=O)(=O)NCc2c(-c3ccccc3)[nH]c(-c3ccccc3)c2-c2ccccc2)cc1. The topological polar surface area (TPSA) is 62.0 Å². The maximum absolute atomic E-state index is 13.2. The summed E-state index contributed by atoms with van der Waals surface area (Å²) in [6.45, 7) is 2.08. The van der Waals surface area contributed by atoms with Gasteiger partial charge in [-0.25, -0.2) is 13.1 Å². The van der Waals surface area contributed by atoms with Gasteiger partial charge in [0.1, 0.15) is 0 Å². The van der Waals surface area contributed by atoms with Crippen LogP contribution in [0.3, 0.4) is 0 Å². The first-order chi connectivity index (χ1) is 17.0. The summed E-state index contributed by atoms with van der Waals surface area (Å²) in [6.07, 6.45) is 0. The van der Waals surface area contributed by atoms with Crippen molar-refractivity contribution in [3.8, 4) is 33.6 Å². The summed E-state index contributed by atoms with van der Waals surface area (Å²) >= 11 is 0. The van der Waals surface area contributed by atoms with Gasteiger partial charge in [0.2, 0.25) is 10.0 Å². The number of rotatable bonds is 7. The molecule has 0 saturated carbocycles. The molecule has 0 aliphatic rings. The minimum Gasteiger partial charge on any atom is -0.354 e. The molecule has 5 rings (SSSR count). The van der Waals surface area contributed by atoms with E-state index in [0.29, 0.717) is 0 Å². The molecule has 1 heterocycles. The molecule has 0 fully saturated rings. The number of hydrogen-bond donors (Lipinski definition) is 2. The zero-order chi connectivity index (χ0) is 24.3. The monoisotopic (exact) mass is 478 g/mol. The largest absolute Gasteiger partial charge is 0.354 e. The molecule has 0 amide bonds. The minimum atomic E-state index is -3.69. The third-order valence-electron chi connectivity index (χ3n) is 6.06. The maximum atomic E-state index is 13.2. The van der Waals surface area contributed by atoms with Crippen LogP contribution in [0.25, 0.3) is 33.6 Å². The molecule has 0 aliphatic heterocycles. The fourth-order valence-electron chi connectivity index (χ4n) is 4.28. The Morgan fingerprint density at radius 2 is 1.11 bits per heavy atom. The maximum Gasteiger partial charge on any atom is 0.240 e. The first-order valence-corrected chi connectivity index (χ1v) is 13.0. The highest BCUT2D eigenvalue weighted by atomic mass is 32.2. The average Bonchev–Trinajstić information content (AvgIpc) is 3.29. The molecule has 0 spiro atoms. The van der Waals surface area contributed by atoms with Crippen molar-refractivity contribution in [3.05, 3.63) is 126 Å². The van der Waals surface area contributed by atoms with Crippen molar-refractivity contribution < 1.29 is 8.42 Å². The molecule has 5 aromatic rings. The molecule has 2 N–H and O–H groups in total. The van der Waals surface area contributed by atoms with Gasteiger partial charge in [-0.1, -0.05) is 109 Å². The van der Waals surface area contributed by atoms with E-state index in [1.54, 1.807) is 12.1 Å². The average molecular weight is 479 g/mol. The molecule has 1 aromatic heterocycles. The van der Waals surface area contributed by atoms with E-state index in [4.69, 9.17) is 0 Å². The van der Waals surface area contributed by atoms with Crippen molar-refractivity contribution >= 4 is 10.0 Å². The zero-order valence-corrected chi connectivity index (χ0v) is 20.2. The van der Waals surface area contributed by atoms with Crippen molar-refractivity contribution in [3.63, 3.8) is 0 Å². The Morgan fingerprint density at radius 3 is 1.66 bits per heavy atom. The molecule has 4 nitrogen and oxygen atoms in total. The molecule has 174 valence electrons. The molecular weight excluding hydrogens is 452 g/mol. The van der Waals surface area contributed by atoms with Gasteiger partial charge in [0.05, 0.1) is 16.3 Å². The van der Waals surface area contributed by atoms with Crippen molar-refractivity contribution in [2.24, 2.45) is 0 Å². The van der Waals surface area contributed by atoms with Gasteiger partial charge < -0.3 is 4.98 Å². The summed E-state index contributed by atoms with van der Waals surface area (Å²) in [4.78, 5) is 3.88. The summed E-state index contributed by atoms with van der Waals surface area (Å²) in [7, 11) is -3.69. The number of aryl methyl sites for hydroxylation is 1. The molecule has 35 heavy (non-hydrogen) atoms. The Bertz CT molecular complexity index is 1530. The quantitative estimate of drug-likeness (QED) is 0.270. The summed E-state index contributed by atoms with van der Waals surface area (Å²) in [6, 6.07) is 37.1. The first kappa shape index (κ1) is 22.8. The third-order valence-corrected chi connectivity index (χ3v) is 7.48. The van der Waals surface area contributed by atoms with Gasteiger partial charge in [-0.3, -0.25) is 0 Å². The third kappa shape index (κ3) is 4.83. The summed E-state index contributed by atoms with van der Waals surface area (Å²) in [5, 5.41) is 0. The van der Waals surface area contributed by atoms with Gasteiger partial charge >= 0.3 is 0 Å². The fraction of sp³-hybridized carbons (Fsp3) is 0.0667. The summed E-state index contributed by atoms with van der Waals surface area (Å²) in [5.41, 5.74) is 7.82. The van der Waals surface area contributed by atoms with Gasteiger partial charge in [-0.05, 0) is 35.7 Å². The van der Waals surface area contributed by atoms with Crippen LogP contribution in [0, 0.1) is 6.92 Å². The number of benzene rings is 4. The van der Waals surface area contributed by atoms with Crippen LogP contribution in [0.1, 0.15) is 11.1 Å². The van der Waals surface area contributed by atoms with Crippen LogP contribution >= 0.6 is 0 Å². The number of hydrogen-bond acceptors (Lipinski definition) is 2. The number of aromatic nitrogens is 1. The molecule has 0 atom stereocenters. The highest BCUT2D eigenvalue weighted by molar-refractivity contribution is 7.89. The molecule has 0 unspecified atom stereocenters. The van der Waals surface area contributed by atoms with Crippen molar-refractivity contribution in [1.82, 2.24) is 9.71 Å². The Labute approximate surface area is 206 Å². The number of sulfonamides is 1. The molecule has 0 aliphatic carbocycles. The lowest BCUT2D eigenvalue weighted by Crippen LogP contribution is -2.23. The number of H-pyrrole nitrogens is 1. The second-order valence-corrected chi connectivity index (χ2v) is 10.2. The van der Waals surface area contributed by atoms with E-state index in [1.807, 2.05) is 85.8 Å². The van der Waals surface area contributed by atoms with Crippen LogP contribution in [-0.4, -0.2) is 13.4 Å². The second-order valence-electron chi connectivity index (χ2n) is 8.46. The van der Waals surface area contributed by atoms with E-state index < -0.39 is 10.0 Å². The highest BCUT2D eigenvalue weighted by Gasteiger charge is 2.23. The Hall–Kier alpha value is -3.93. The lowest BCUT2D eigenvalue weighted by Gasteiger charge is -2.12. The Kier molecular flexibility index (Phi) is 6.36.